The van der Waals surface area contributed by atoms with Crippen LogP contribution in [0.3, 0.4) is 0 Å². The molecule has 0 saturated heterocycles. The minimum absolute atomic E-state index is 0.708. The van der Waals surface area contributed by atoms with E-state index < -0.39 is 0 Å². The molecule has 0 fully saturated rings. The molecular weight excluding hydrogens is 212 g/mol. The quantitative estimate of drug-likeness (QED) is 0.624. The zero-order chi connectivity index (χ0) is 12.1. The molecule has 1 aliphatic carbocycles. The van der Waals surface area contributed by atoms with Crippen LogP contribution in [0, 0.1) is 11.8 Å². The zero-order valence-electron chi connectivity index (χ0n) is 10.8. The third-order valence-electron chi connectivity index (χ3n) is 3.71. The van der Waals surface area contributed by atoms with Gasteiger partial charge in [0.2, 0.25) is 0 Å². The number of hydrogen-bond acceptors (Lipinski definition) is 3. The van der Waals surface area contributed by atoms with Crippen molar-refractivity contribution in [1.29, 1.82) is 0 Å². The van der Waals surface area contributed by atoms with Crippen LogP contribution in [0.1, 0.15) is 26.7 Å². The summed E-state index contributed by atoms with van der Waals surface area (Å²) in [6, 6.07) is 0. The van der Waals surface area contributed by atoms with E-state index in [-0.39, 0.29) is 0 Å². The predicted molar refractivity (Wildman–Crippen MR) is 68.5 cm³/mol. The highest BCUT2D eigenvalue weighted by Gasteiger charge is 2.21. The van der Waals surface area contributed by atoms with Crippen molar-refractivity contribution in [2.75, 3.05) is 13.1 Å². The second-order valence-corrected chi connectivity index (χ2v) is 4.98. The molecule has 2 rings (SSSR count). The SMILES string of the molecule is CC1=CCC[C@H](C)[C@H]1CNCCn1ccnn1. The van der Waals surface area contributed by atoms with Gasteiger partial charge in [-0.3, -0.25) is 4.68 Å². The molecular formula is C13H22N4. The van der Waals surface area contributed by atoms with Crippen molar-refractivity contribution in [1.82, 2.24) is 20.3 Å². The van der Waals surface area contributed by atoms with Crippen molar-refractivity contribution in [3.05, 3.63) is 24.0 Å². The van der Waals surface area contributed by atoms with Gasteiger partial charge in [-0.2, -0.15) is 0 Å². The molecule has 0 amide bonds. The van der Waals surface area contributed by atoms with Gasteiger partial charge in [-0.1, -0.05) is 23.8 Å². The maximum absolute atomic E-state index is 3.95. The predicted octanol–water partition coefficient (Wildman–Crippen LogP) is 1.86. The van der Waals surface area contributed by atoms with E-state index >= 15 is 0 Å². The normalized spacial score (nSPS) is 24.7. The number of rotatable bonds is 5. The fraction of sp³-hybridized carbons (Fsp3) is 0.692. The number of allylic oxidation sites excluding steroid dienone is 1. The van der Waals surface area contributed by atoms with Gasteiger partial charge in [0.05, 0.1) is 12.7 Å². The Morgan fingerprint density at radius 2 is 2.41 bits per heavy atom. The van der Waals surface area contributed by atoms with Gasteiger partial charge in [-0.25, -0.2) is 0 Å². The average molecular weight is 234 g/mol. The summed E-state index contributed by atoms with van der Waals surface area (Å²) < 4.78 is 1.86. The minimum atomic E-state index is 0.708. The maximum Gasteiger partial charge on any atom is 0.0692 e. The summed E-state index contributed by atoms with van der Waals surface area (Å²) in [7, 11) is 0. The van der Waals surface area contributed by atoms with Crippen molar-refractivity contribution in [2.45, 2.75) is 33.2 Å². The van der Waals surface area contributed by atoms with E-state index in [1.807, 2.05) is 10.9 Å². The topological polar surface area (TPSA) is 42.7 Å². The van der Waals surface area contributed by atoms with Crippen molar-refractivity contribution < 1.29 is 0 Å². The van der Waals surface area contributed by atoms with Crippen LogP contribution in [0.4, 0.5) is 0 Å². The Hall–Kier alpha value is -1.16. The van der Waals surface area contributed by atoms with Crippen LogP contribution in [0.5, 0.6) is 0 Å². The summed E-state index contributed by atoms with van der Waals surface area (Å²) in [5.74, 6) is 1.51. The number of hydrogen-bond donors (Lipinski definition) is 1. The monoisotopic (exact) mass is 234 g/mol. The first-order valence-electron chi connectivity index (χ1n) is 6.49. The summed E-state index contributed by atoms with van der Waals surface area (Å²) in [6.07, 6.45) is 8.59. The van der Waals surface area contributed by atoms with E-state index in [1.54, 1.807) is 11.8 Å². The Labute approximate surface area is 103 Å². The molecule has 4 nitrogen and oxygen atoms in total. The molecule has 94 valence electrons. The van der Waals surface area contributed by atoms with Gasteiger partial charge in [-0.15, -0.1) is 5.10 Å². The zero-order valence-corrected chi connectivity index (χ0v) is 10.8. The average Bonchev–Trinajstić information content (AvgIpc) is 2.80. The molecule has 0 saturated carbocycles. The summed E-state index contributed by atoms with van der Waals surface area (Å²) in [5, 5.41) is 11.3. The van der Waals surface area contributed by atoms with Crippen LogP contribution < -0.4 is 5.32 Å². The molecule has 0 aromatic carbocycles. The summed E-state index contributed by atoms with van der Waals surface area (Å²) in [6.45, 7) is 7.56. The third-order valence-corrected chi connectivity index (χ3v) is 3.71. The lowest BCUT2D eigenvalue weighted by molar-refractivity contribution is 0.347. The highest BCUT2D eigenvalue weighted by Crippen LogP contribution is 2.29. The fourth-order valence-electron chi connectivity index (χ4n) is 2.54. The van der Waals surface area contributed by atoms with Gasteiger partial charge in [0.25, 0.3) is 0 Å². The Bertz CT molecular complexity index is 356. The van der Waals surface area contributed by atoms with E-state index in [1.165, 1.54) is 12.8 Å². The summed E-state index contributed by atoms with van der Waals surface area (Å²) >= 11 is 0. The lowest BCUT2D eigenvalue weighted by Crippen LogP contribution is -2.31. The molecule has 1 heterocycles. The third kappa shape index (κ3) is 3.40. The largest absolute Gasteiger partial charge is 0.314 e. The summed E-state index contributed by atoms with van der Waals surface area (Å²) in [5.41, 5.74) is 1.55. The Morgan fingerprint density at radius 3 is 3.12 bits per heavy atom. The van der Waals surface area contributed by atoms with E-state index in [0.29, 0.717) is 5.92 Å². The first kappa shape index (κ1) is 12.3. The van der Waals surface area contributed by atoms with Gasteiger partial charge >= 0.3 is 0 Å². The molecule has 0 spiro atoms. The molecule has 17 heavy (non-hydrogen) atoms. The molecule has 1 N–H and O–H groups in total. The van der Waals surface area contributed by atoms with Crippen LogP contribution in [0.2, 0.25) is 0 Å². The lowest BCUT2D eigenvalue weighted by Gasteiger charge is -2.29. The van der Waals surface area contributed by atoms with E-state index in [0.717, 1.165) is 25.6 Å². The standard InChI is InChI=1S/C13H22N4/c1-11-4-3-5-12(2)13(11)10-14-6-8-17-9-7-15-16-17/h4,7,9,12-14H,3,5-6,8,10H2,1-2H3/t12-,13-/m0/s1. The fourth-order valence-corrected chi connectivity index (χ4v) is 2.54. The lowest BCUT2D eigenvalue weighted by atomic mass is 9.80. The van der Waals surface area contributed by atoms with E-state index in [4.69, 9.17) is 0 Å². The highest BCUT2D eigenvalue weighted by molar-refractivity contribution is 5.09. The second-order valence-electron chi connectivity index (χ2n) is 4.98. The molecule has 4 heteroatoms. The molecule has 0 aliphatic heterocycles. The van der Waals surface area contributed by atoms with Crippen molar-refractivity contribution in [2.24, 2.45) is 11.8 Å². The first-order valence-corrected chi connectivity index (χ1v) is 6.49. The van der Waals surface area contributed by atoms with E-state index in [9.17, 15) is 0 Å². The Balaban J connectivity index is 1.71. The van der Waals surface area contributed by atoms with Crippen molar-refractivity contribution in [3.8, 4) is 0 Å². The van der Waals surface area contributed by atoms with E-state index in [2.05, 4.69) is 35.6 Å². The Morgan fingerprint density at radius 1 is 1.53 bits per heavy atom. The number of nitrogens with one attached hydrogen (secondary N) is 1. The Kier molecular flexibility index (Phi) is 4.31. The molecule has 0 unspecified atom stereocenters. The van der Waals surface area contributed by atoms with Gasteiger partial charge in [0, 0.05) is 19.3 Å². The first-order chi connectivity index (χ1) is 8.27. The molecule has 0 bridgehead atoms. The summed E-state index contributed by atoms with van der Waals surface area (Å²) in [4.78, 5) is 0. The van der Waals surface area contributed by atoms with Crippen LogP contribution in [-0.4, -0.2) is 28.1 Å². The molecule has 1 aliphatic rings. The van der Waals surface area contributed by atoms with Gasteiger partial charge in [-0.05, 0) is 31.6 Å². The van der Waals surface area contributed by atoms with Crippen LogP contribution in [0.15, 0.2) is 24.0 Å². The van der Waals surface area contributed by atoms with Gasteiger partial charge in [0.1, 0.15) is 0 Å². The molecule has 1 aromatic rings. The number of aromatic nitrogens is 3. The van der Waals surface area contributed by atoms with Crippen molar-refractivity contribution >= 4 is 0 Å². The van der Waals surface area contributed by atoms with Gasteiger partial charge in [0.15, 0.2) is 0 Å². The molecule has 0 radical (unpaired) electrons. The van der Waals surface area contributed by atoms with Crippen LogP contribution >= 0.6 is 0 Å². The molecule has 1 aromatic heterocycles. The highest BCUT2D eigenvalue weighted by atomic mass is 15.4. The van der Waals surface area contributed by atoms with Crippen molar-refractivity contribution in [3.63, 3.8) is 0 Å². The number of nitrogens with zero attached hydrogens (tertiary/aromatic N) is 3. The smallest absolute Gasteiger partial charge is 0.0692 e. The van der Waals surface area contributed by atoms with Crippen LogP contribution in [0.25, 0.3) is 0 Å². The van der Waals surface area contributed by atoms with Gasteiger partial charge < -0.3 is 5.32 Å². The van der Waals surface area contributed by atoms with Crippen LogP contribution in [-0.2, 0) is 6.54 Å². The minimum Gasteiger partial charge on any atom is -0.314 e. The second kappa shape index (κ2) is 5.96. The molecule has 2 atom stereocenters. The maximum atomic E-state index is 3.95.